The number of rotatable bonds is 13. The van der Waals surface area contributed by atoms with E-state index in [0.29, 0.717) is 6.42 Å². The largest absolute Gasteiger partial charge is 0.490 e. The van der Waals surface area contributed by atoms with Crippen LogP contribution in [0.4, 0.5) is 13.2 Å². The Morgan fingerprint density at radius 2 is 1.77 bits per heavy atom. The Morgan fingerprint density at radius 3 is 2.47 bits per heavy atom. The third kappa shape index (κ3) is 9.78. The summed E-state index contributed by atoms with van der Waals surface area (Å²) in [7, 11) is 0. The van der Waals surface area contributed by atoms with Crippen molar-refractivity contribution < 1.29 is 32.5 Å². The molecule has 1 N–H and O–H groups in total. The molecule has 0 unspecified atom stereocenters. The first-order chi connectivity index (χ1) is 14.4. The Labute approximate surface area is 174 Å². The second-order valence-corrected chi connectivity index (χ2v) is 6.96. The smallest absolute Gasteiger partial charge is 0.416 e. The average Bonchev–Trinajstić information content (AvgIpc) is 3.44. The first-order valence-corrected chi connectivity index (χ1v) is 9.98. The van der Waals surface area contributed by atoms with E-state index in [2.05, 4.69) is 12.2 Å². The lowest BCUT2D eigenvalue weighted by atomic mass is 10.1. The zero-order valence-corrected chi connectivity index (χ0v) is 16.7. The topological polar surface area (TPSA) is 59.1 Å². The van der Waals surface area contributed by atoms with Crippen molar-refractivity contribution in [2.24, 2.45) is 0 Å². The molecule has 1 aliphatic rings. The van der Waals surface area contributed by atoms with Gasteiger partial charge >= 0.3 is 12.1 Å². The highest BCUT2D eigenvalue weighted by atomic mass is 19.4. The molecule has 4 nitrogen and oxygen atoms in total. The van der Waals surface area contributed by atoms with E-state index in [9.17, 15) is 18.0 Å². The lowest BCUT2D eigenvalue weighted by Gasteiger charge is -2.08. The molecule has 2 rings (SSSR count). The molecule has 30 heavy (non-hydrogen) atoms. The summed E-state index contributed by atoms with van der Waals surface area (Å²) in [4.78, 5) is 10.4. The van der Waals surface area contributed by atoms with Crippen molar-refractivity contribution in [1.29, 1.82) is 0 Å². The molecule has 0 amide bonds. The van der Waals surface area contributed by atoms with E-state index in [4.69, 9.17) is 14.6 Å². The minimum absolute atomic E-state index is 0.172. The lowest BCUT2D eigenvalue weighted by molar-refractivity contribution is -0.138. The van der Waals surface area contributed by atoms with Crippen LogP contribution in [0.1, 0.15) is 44.1 Å². The van der Waals surface area contributed by atoms with Crippen LogP contribution in [0.3, 0.4) is 0 Å². The molecule has 1 aromatic carbocycles. The van der Waals surface area contributed by atoms with Crippen LogP contribution in [0.2, 0.25) is 0 Å². The average molecular weight is 424 g/mol. The summed E-state index contributed by atoms with van der Waals surface area (Å²) >= 11 is 0. The summed E-state index contributed by atoms with van der Waals surface area (Å²) in [5.74, 6) is -0.573. The summed E-state index contributed by atoms with van der Waals surface area (Å²) in [5, 5.41) is 8.54. The van der Waals surface area contributed by atoms with E-state index in [1.54, 1.807) is 6.08 Å². The number of carboxylic acid groups (broad SMARTS) is 1. The number of allylic oxidation sites excluding steroid dienone is 3. The van der Waals surface area contributed by atoms with Crippen LogP contribution in [0.5, 0.6) is 5.75 Å². The molecule has 0 aliphatic carbocycles. The van der Waals surface area contributed by atoms with Crippen molar-refractivity contribution >= 4 is 5.97 Å². The fourth-order valence-corrected chi connectivity index (χ4v) is 2.79. The third-order valence-electron chi connectivity index (χ3n) is 4.47. The summed E-state index contributed by atoms with van der Waals surface area (Å²) in [6, 6.07) is 4.83. The molecular formula is C23H27F3O4. The number of epoxide rings is 1. The van der Waals surface area contributed by atoms with Crippen LogP contribution in [-0.4, -0.2) is 29.9 Å². The Hall–Kier alpha value is -2.54. The number of ether oxygens (including phenoxy) is 2. The van der Waals surface area contributed by atoms with Crippen molar-refractivity contribution in [3.05, 3.63) is 66.3 Å². The van der Waals surface area contributed by atoms with Crippen LogP contribution in [0.25, 0.3) is 0 Å². The number of halogens is 3. The van der Waals surface area contributed by atoms with Crippen molar-refractivity contribution in [2.45, 2.75) is 56.9 Å². The van der Waals surface area contributed by atoms with Gasteiger partial charge in [-0.2, -0.15) is 13.2 Å². The maximum absolute atomic E-state index is 12.7. The molecule has 0 aromatic heterocycles. The zero-order valence-electron chi connectivity index (χ0n) is 16.7. The van der Waals surface area contributed by atoms with Gasteiger partial charge in [0.1, 0.15) is 12.4 Å². The van der Waals surface area contributed by atoms with Crippen molar-refractivity contribution in [3.8, 4) is 5.75 Å². The van der Waals surface area contributed by atoms with Gasteiger partial charge in [-0.05, 0) is 50.3 Å². The third-order valence-corrected chi connectivity index (χ3v) is 4.47. The summed E-state index contributed by atoms with van der Waals surface area (Å²) in [5.41, 5.74) is -0.722. The molecule has 0 spiro atoms. The molecule has 0 bridgehead atoms. The highest BCUT2D eigenvalue weighted by Crippen LogP contribution is 2.31. The van der Waals surface area contributed by atoms with Crippen molar-refractivity contribution in [2.75, 3.05) is 6.61 Å². The van der Waals surface area contributed by atoms with Crippen molar-refractivity contribution in [3.63, 3.8) is 0 Å². The molecule has 0 radical (unpaired) electrons. The van der Waals surface area contributed by atoms with Gasteiger partial charge in [-0.25, -0.2) is 0 Å². The molecule has 1 aliphatic heterocycles. The maximum Gasteiger partial charge on any atom is 0.416 e. The number of carboxylic acids is 1. The zero-order chi connectivity index (χ0) is 21.8. The van der Waals surface area contributed by atoms with Crippen LogP contribution < -0.4 is 4.74 Å². The molecule has 164 valence electrons. The van der Waals surface area contributed by atoms with Gasteiger partial charge < -0.3 is 14.6 Å². The van der Waals surface area contributed by atoms with Gasteiger partial charge in [0, 0.05) is 6.42 Å². The Kier molecular flexibility index (Phi) is 9.67. The number of benzene rings is 1. The van der Waals surface area contributed by atoms with Gasteiger partial charge in [0.2, 0.25) is 0 Å². The molecule has 2 atom stereocenters. The number of aliphatic carboxylic acids is 1. The second-order valence-electron chi connectivity index (χ2n) is 6.96. The number of carbonyl (C=O) groups is 1. The fraction of sp³-hybridized carbons (Fsp3) is 0.435. The predicted molar refractivity (Wildman–Crippen MR) is 108 cm³/mol. The van der Waals surface area contributed by atoms with Gasteiger partial charge in [0.05, 0.1) is 17.8 Å². The van der Waals surface area contributed by atoms with Crippen LogP contribution in [0, 0.1) is 0 Å². The fourth-order valence-electron chi connectivity index (χ4n) is 2.79. The summed E-state index contributed by atoms with van der Waals surface area (Å²) in [6.45, 7) is 0.206. The van der Waals surface area contributed by atoms with Gasteiger partial charge in [-0.1, -0.05) is 42.5 Å². The minimum Gasteiger partial charge on any atom is -0.490 e. The SMILES string of the molecule is O=C(O)CCC/C=C\C/C=C\C[C@H]1O[C@H]1C/C=C\COc1cccc(C(F)(F)F)c1. The van der Waals surface area contributed by atoms with Crippen molar-refractivity contribution in [1.82, 2.24) is 0 Å². The predicted octanol–water partition coefficient (Wildman–Crippen LogP) is 5.95. The van der Waals surface area contributed by atoms with Gasteiger partial charge in [-0.15, -0.1) is 0 Å². The van der Waals surface area contributed by atoms with Crippen LogP contribution in [0.15, 0.2) is 60.7 Å². The Morgan fingerprint density at radius 1 is 1.07 bits per heavy atom. The van der Waals surface area contributed by atoms with E-state index in [-0.39, 0.29) is 31.0 Å². The van der Waals surface area contributed by atoms with E-state index in [1.165, 1.54) is 12.1 Å². The number of unbranched alkanes of at least 4 members (excludes halogenated alkanes) is 1. The lowest BCUT2D eigenvalue weighted by Crippen LogP contribution is -2.05. The number of alkyl halides is 3. The highest BCUT2D eigenvalue weighted by Gasteiger charge is 2.36. The molecule has 0 saturated carbocycles. The highest BCUT2D eigenvalue weighted by molar-refractivity contribution is 5.66. The number of hydrogen-bond acceptors (Lipinski definition) is 3. The molecule has 1 heterocycles. The molecule has 1 fully saturated rings. The molecule has 7 heteroatoms. The van der Waals surface area contributed by atoms with Crippen LogP contribution >= 0.6 is 0 Å². The quantitative estimate of drug-likeness (QED) is 0.242. The monoisotopic (exact) mass is 424 g/mol. The number of hydrogen-bond donors (Lipinski definition) is 1. The summed E-state index contributed by atoms with van der Waals surface area (Å²) < 4.78 is 48.9. The first kappa shape index (κ1) is 23.7. The van der Waals surface area contributed by atoms with E-state index >= 15 is 0 Å². The summed E-state index contributed by atoms with van der Waals surface area (Å²) in [6.07, 6.45) is 11.9. The Balaban J connectivity index is 1.53. The molecular weight excluding hydrogens is 397 g/mol. The van der Waals surface area contributed by atoms with Gasteiger partial charge in [-0.3, -0.25) is 4.79 Å². The normalized spacial score (nSPS) is 19.2. The first-order valence-electron chi connectivity index (χ1n) is 9.98. The second kappa shape index (κ2) is 12.2. The van der Waals surface area contributed by atoms with E-state index < -0.39 is 17.7 Å². The van der Waals surface area contributed by atoms with Gasteiger partial charge in [0.25, 0.3) is 0 Å². The van der Waals surface area contributed by atoms with Crippen LogP contribution in [-0.2, 0) is 15.7 Å². The molecule has 1 saturated heterocycles. The Bertz CT molecular complexity index is 753. The van der Waals surface area contributed by atoms with E-state index in [1.807, 2.05) is 18.2 Å². The molecule has 1 aromatic rings. The van der Waals surface area contributed by atoms with Gasteiger partial charge in [0.15, 0.2) is 0 Å². The van der Waals surface area contributed by atoms with E-state index in [0.717, 1.165) is 37.8 Å². The maximum atomic E-state index is 12.7. The standard InChI is InChI=1S/C23H27F3O4/c24-23(25,26)18-11-10-12-19(17-18)29-16-9-8-14-21-20(30-21)13-6-4-2-1-3-5-7-15-22(27)28/h1,3-4,6,8-12,17,20-21H,2,5,7,13-16H2,(H,27,28)/b3-1-,6-4-,9-8-/t20-,21+/m1/s1. The minimum atomic E-state index is -4.37.